The highest BCUT2D eigenvalue weighted by Crippen LogP contribution is 2.46. The summed E-state index contributed by atoms with van der Waals surface area (Å²) in [7, 11) is -2.49. The lowest BCUT2D eigenvalue weighted by molar-refractivity contribution is -0.132. The van der Waals surface area contributed by atoms with Gasteiger partial charge in [0.05, 0.1) is 24.7 Å². The maximum atomic E-state index is 15.5. The molecular weight excluding hydrogens is 686 g/mol. The number of fused-ring (bicyclic) bond motifs is 2. The van der Waals surface area contributed by atoms with E-state index in [1.807, 2.05) is 31.4 Å². The van der Waals surface area contributed by atoms with Crippen molar-refractivity contribution < 1.29 is 36.7 Å². The van der Waals surface area contributed by atoms with Crippen LogP contribution in [-0.4, -0.2) is 66.7 Å². The number of hydrogen-bond donors (Lipinski definition) is 3. The highest BCUT2D eigenvalue weighted by molar-refractivity contribution is 7.91. The molecule has 0 saturated heterocycles. The topological polar surface area (TPSA) is 166 Å². The van der Waals surface area contributed by atoms with Gasteiger partial charge in [0.2, 0.25) is 21.8 Å². The van der Waals surface area contributed by atoms with E-state index in [2.05, 4.69) is 25.3 Å². The van der Waals surface area contributed by atoms with Gasteiger partial charge in [0.1, 0.15) is 33.5 Å². The third-order valence-corrected chi connectivity index (χ3v) is 12.0. The van der Waals surface area contributed by atoms with Gasteiger partial charge in [-0.15, -0.1) is 11.3 Å². The number of sulfonamides is 1. The minimum Gasteiger partial charge on any atom is -0.494 e. The first-order valence-electron chi connectivity index (χ1n) is 17.0. The Hall–Kier alpha value is -4.11. The summed E-state index contributed by atoms with van der Waals surface area (Å²) >= 11 is 1.38. The number of benzene rings is 1. The first-order chi connectivity index (χ1) is 23.9. The van der Waals surface area contributed by atoms with Crippen molar-refractivity contribution in [2.75, 3.05) is 13.7 Å². The number of carbonyl (C=O) groups excluding carboxylic acids is 3. The Kier molecular flexibility index (Phi) is 10.4. The van der Waals surface area contributed by atoms with Crippen LogP contribution in [0.1, 0.15) is 83.2 Å². The van der Waals surface area contributed by atoms with Crippen LogP contribution in [0, 0.1) is 11.7 Å². The average Bonchev–Trinajstić information content (AvgIpc) is 4.00. The van der Waals surface area contributed by atoms with Crippen molar-refractivity contribution in [2.45, 2.75) is 94.4 Å². The number of aromatic nitrogens is 2. The van der Waals surface area contributed by atoms with Gasteiger partial charge in [-0.05, 0) is 56.6 Å². The fourth-order valence-electron chi connectivity index (χ4n) is 6.04. The second-order valence-corrected chi connectivity index (χ2v) is 16.3. The molecule has 0 bridgehead atoms. The number of ether oxygens (including phenoxy) is 2. The van der Waals surface area contributed by atoms with Crippen LogP contribution in [0.15, 0.2) is 35.7 Å². The number of nitrogens with zero attached hydrogens (tertiary/aromatic N) is 2. The largest absolute Gasteiger partial charge is 0.494 e. The van der Waals surface area contributed by atoms with Crippen LogP contribution >= 0.6 is 11.3 Å². The van der Waals surface area contributed by atoms with Crippen LogP contribution in [-0.2, 0) is 24.4 Å². The summed E-state index contributed by atoms with van der Waals surface area (Å²) in [5, 5.41) is 7.87. The molecule has 0 unspecified atom stereocenters. The highest BCUT2D eigenvalue weighted by atomic mass is 32.2. The van der Waals surface area contributed by atoms with Gasteiger partial charge in [-0.25, -0.2) is 22.8 Å². The number of nitrogens with one attached hydrogen (secondary N) is 3. The summed E-state index contributed by atoms with van der Waals surface area (Å²) in [6, 6.07) is 3.69. The zero-order valence-corrected chi connectivity index (χ0v) is 29.9. The average molecular weight is 728 g/mol. The molecule has 3 aromatic rings. The van der Waals surface area contributed by atoms with Crippen LogP contribution in [0.5, 0.6) is 11.5 Å². The first kappa shape index (κ1) is 35.7. The normalized spacial score (nSPS) is 23.7. The molecule has 12 nitrogen and oxygen atoms in total. The second kappa shape index (κ2) is 14.6. The van der Waals surface area contributed by atoms with E-state index in [0.717, 1.165) is 25.0 Å². The van der Waals surface area contributed by atoms with Crippen molar-refractivity contribution in [3.8, 4) is 22.2 Å². The summed E-state index contributed by atoms with van der Waals surface area (Å²) in [4.78, 5) is 49.5. The SMILES string of the molecule is COc1ccc2c(OCC[C@@H]3NC(=O)CCCCC/C=C\[C@@H]4C[C@@]4(C(=O)NS(=O)(=O)C4CC4)NC3=O)cc(-c3nc(C(C)C)cs3)nc2c1F. The van der Waals surface area contributed by atoms with Gasteiger partial charge >= 0.3 is 0 Å². The van der Waals surface area contributed by atoms with E-state index in [1.54, 1.807) is 12.1 Å². The first-order valence-corrected chi connectivity index (χ1v) is 19.4. The third kappa shape index (κ3) is 7.78. The molecule has 3 N–H and O–H groups in total. The maximum Gasteiger partial charge on any atom is 0.259 e. The van der Waals surface area contributed by atoms with Gasteiger partial charge in [0, 0.05) is 35.6 Å². The minimum absolute atomic E-state index is 0.00267. The Morgan fingerprint density at radius 1 is 1.16 bits per heavy atom. The number of methoxy groups -OCH3 is 1. The van der Waals surface area contributed by atoms with Crippen molar-refractivity contribution in [3.63, 3.8) is 0 Å². The summed E-state index contributed by atoms with van der Waals surface area (Å²) in [5.41, 5.74) is -0.147. The molecule has 3 heterocycles. The van der Waals surface area contributed by atoms with Crippen molar-refractivity contribution in [3.05, 3.63) is 47.2 Å². The van der Waals surface area contributed by atoms with Crippen LogP contribution in [0.25, 0.3) is 21.6 Å². The molecule has 3 aliphatic rings. The molecule has 2 aliphatic carbocycles. The van der Waals surface area contributed by atoms with Crippen LogP contribution in [0.2, 0.25) is 0 Å². The lowest BCUT2D eigenvalue weighted by Crippen LogP contribution is -2.57. The highest BCUT2D eigenvalue weighted by Gasteiger charge is 2.61. The second-order valence-electron chi connectivity index (χ2n) is 13.4. The Balaban J connectivity index is 1.25. The van der Waals surface area contributed by atoms with E-state index in [-0.39, 0.29) is 49.0 Å². The van der Waals surface area contributed by atoms with E-state index in [1.165, 1.54) is 24.5 Å². The minimum atomic E-state index is -3.85. The lowest BCUT2D eigenvalue weighted by Gasteiger charge is -2.24. The fourth-order valence-corrected chi connectivity index (χ4v) is 8.35. The Morgan fingerprint density at radius 3 is 2.68 bits per heavy atom. The summed E-state index contributed by atoms with van der Waals surface area (Å²) in [6.07, 6.45) is 8.27. The number of amides is 3. The van der Waals surface area contributed by atoms with E-state index in [4.69, 9.17) is 9.47 Å². The molecule has 6 rings (SSSR count). The van der Waals surface area contributed by atoms with Crippen LogP contribution < -0.4 is 24.8 Å². The smallest absolute Gasteiger partial charge is 0.259 e. The van der Waals surface area contributed by atoms with E-state index in [9.17, 15) is 22.8 Å². The molecule has 0 spiro atoms. The summed E-state index contributed by atoms with van der Waals surface area (Å²) < 4.78 is 54.4. The molecule has 2 saturated carbocycles. The van der Waals surface area contributed by atoms with Gasteiger partial charge < -0.3 is 20.1 Å². The molecule has 268 valence electrons. The molecule has 50 heavy (non-hydrogen) atoms. The third-order valence-electron chi connectivity index (χ3n) is 9.32. The van der Waals surface area contributed by atoms with Crippen LogP contribution in [0.3, 0.4) is 0 Å². The molecule has 2 fully saturated rings. The fraction of sp³-hybridized carbons (Fsp3) is 0.514. The molecule has 0 radical (unpaired) electrons. The van der Waals surface area contributed by atoms with Gasteiger partial charge in [0.25, 0.3) is 5.91 Å². The molecule has 3 atom stereocenters. The monoisotopic (exact) mass is 727 g/mol. The van der Waals surface area contributed by atoms with Crippen molar-refractivity contribution in [2.24, 2.45) is 5.92 Å². The maximum absolute atomic E-state index is 15.5. The van der Waals surface area contributed by atoms with Gasteiger partial charge in [-0.2, -0.15) is 0 Å². The predicted octanol–water partition coefficient (Wildman–Crippen LogP) is 4.89. The quantitative estimate of drug-likeness (QED) is 0.247. The standard InChI is InChI=1S/C35H42FN5O7S2/c1-20(2)26-19-49-33(39-26)25-17-28(23-13-14-27(47-3)30(36)31(23)38-25)48-16-15-24-32(43)40-35(34(44)41-50(45,46)22-11-12-22)18-21(35)9-7-5-4-6-8-10-29(42)37-24/h7,9,13-14,17,19-22,24H,4-6,8,10-12,15-16,18H2,1-3H3,(H,37,42)(H,40,43)(H,41,44)/b9-7-/t21-,24+,35-/m1/s1. The molecule has 3 amide bonds. The number of pyridine rings is 1. The van der Waals surface area contributed by atoms with Crippen molar-refractivity contribution in [1.82, 2.24) is 25.3 Å². The van der Waals surface area contributed by atoms with E-state index < -0.39 is 50.4 Å². The predicted molar refractivity (Wildman–Crippen MR) is 187 cm³/mol. The van der Waals surface area contributed by atoms with Crippen LogP contribution in [0.4, 0.5) is 4.39 Å². The Labute approximate surface area is 294 Å². The lowest BCUT2D eigenvalue weighted by atomic mass is 10.1. The number of carbonyl (C=O) groups is 3. The zero-order chi connectivity index (χ0) is 35.6. The van der Waals surface area contributed by atoms with Gasteiger partial charge in [-0.3, -0.25) is 19.1 Å². The number of thiazole rings is 1. The molecule has 15 heteroatoms. The van der Waals surface area contributed by atoms with Crippen molar-refractivity contribution in [1.29, 1.82) is 0 Å². The molecule has 1 aromatic carbocycles. The number of halogens is 1. The molecular formula is C35H42FN5O7S2. The molecule has 2 aromatic heterocycles. The van der Waals surface area contributed by atoms with Gasteiger partial charge in [-0.1, -0.05) is 32.4 Å². The zero-order valence-electron chi connectivity index (χ0n) is 28.3. The molecule has 1 aliphatic heterocycles. The summed E-state index contributed by atoms with van der Waals surface area (Å²) in [6.45, 7) is 3.98. The number of hydrogen-bond acceptors (Lipinski definition) is 10. The number of rotatable bonds is 10. The Bertz CT molecular complexity index is 1930. The Morgan fingerprint density at radius 2 is 1.96 bits per heavy atom. The van der Waals surface area contributed by atoms with E-state index >= 15 is 4.39 Å². The summed E-state index contributed by atoms with van der Waals surface area (Å²) in [5.74, 6) is -2.29. The van der Waals surface area contributed by atoms with Gasteiger partial charge in [0.15, 0.2) is 11.6 Å². The van der Waals surface area contributed by atoms with E-state index in [0.29, 0.717) is 41.1 Å². The van der Waals surface area contributed by atoms with Crippen molar-refractivity contribution >= 4 is 50.0 Å². The number of allylic oxidation sites excluding steroid dienone is 1.